The number of hydrogen-bond acceptors (Lipinski definition) is 3. The first kappa shape index (κ1) is 11.1. The number of methoxy groups -OCH3 is 1. The Morgan fingerprint density at radius 2 is 2.19 bits per heavy atom. The van der Waals surface area contributed by atoms with E-state index in [0.717, 1.165) is 17.2 Å². The van der Waals surface area contributed by atoms with Gasteiger partial charge in [-0.15, -0.1) is 0 Å². The minimum absolute atomic E-state index is 0.603. The molecule has 16 heavy (non-hydrogen) atoms. The molecular formula is C13H19NO2. The summed E-state index contributed by atoms with van der Waals surface area (Å²) in [4.78, 5) is 0. The molecule has 1 fully saturated rings. The van der Waals surface area contributed by atoms with Crippen LogP contribution < -0.4 is 14.8 Å². The zero-order chi connectivity index (χ0) is 11.4. The molecule has 0 atom stereocenters. The molecule has 1 aromatic rings. The van der Waals surface area contributed by atoms with E-state index in [2.05, 4.69) is 5.32 Å². The average Bonchev–Trinajstić information content (AvgIpc) is 2.25. The zero-order valence-corrected chi connectivity index (χ0v) is 9.95. The normalized spacial score (nSPS) is 15.4. The van der Waals surface area contributed by atoms with Crippen LogP contribution in [-0.4, -0.2) is 19.8 Å². The first-order chi connectivity index (χ1) is 7.83. The molecule has 0 bridgehead atoms. The lowest BCUT2D eigenvalue weighted by atomic mass is 9.93. The van der Waals surface area contributed by atoms with E-state index >= 15 is 0 Å². The van der Waals surface area contributed by atoms with Gasteiger partial charge in [0.2, 0.25) is 0 Å². The lowest BCUT2D eigenvalue weighted by Crippen LogP contribution is -2.27. The van der Waals surface area contributed by atoms with Crippen molar-refractivity contribution < 1.29 is 9.47 Å². The Morgan fingerprint density at radius 3 is 2.75 bits per heavy atom. The van der Waals surface area contributed by atoms with Gasteiger partial charge in [-0.2, -0.15) is 0 Å². The van der Waals surface area contributed by atoms with Crippen LogP contribution in [0.5, 0.6) is 11.5 Å². The van der Waals surface area contributed by atoms with Gasteiger partial charge in [-0.05, 0) is 38.3 Å². The summed E-state index contributed by atoms with van der Waals surface area (Å²) in [6, 6.07) is 6.50. The molecule has 1 aromatic carbocycles. The summed E-state index contributed by atoms with van der Waals surface area (Å²) in [7, 11) is 1.68. The molecule has 88 valence electrons. The minimum atomic E-state index is 0.603. The molecule has 0 amide bonds. The first-order valence-corrected chi connectivity index (χ1v) is 5.91. The molecule has 1 saturated carbocycles. The van der Waals surface area contributed by atoms with Gasteiger partial charge in [0.15, 0.2) is 0 Å². The molecule has 0 aliphatic heterocycles. The maximum absolute atomic E-state index is 5.59. The highest BCUT2D eigenvalue weighted by molar-refractivity contribution is 5.60. The zero-order valence-electron chi connectivity index (χ0n) is 9.95. The van der Waals surface area contributed by atoms with Crippen molar-refractivity contribution in [1.82, 2.24) is 0 Å². The van der Waals surface area contributed by atoms with Crippen LogP contribution in [0.2, 0.25) is 0 Å². The SMILES string of the molecule is CCOc1ccc(OC)cc1NC1CCC1. The van der Waals surface area contributed by atoms with E-state index in [4.69, 9.17) is 9.47 Å². The number of benzene rings is 1. The molecule has 0 unspecified atom stereocenters. The standard InChI is InChI=1S/C13H19NO2/c1-3-16-13-8-7-11(15-2)9-12(13)14-10-5-4-6-10/h7-10,14H,3-6H2,1-2H3. The predicted octanol–water partition coefficient (Wildman–Crippen LogP) is 3.06. The third-order valence-corrected chi connectivity index (χ3v) is 2.95. The van der Waals surface area contributed by atoms with E-state index in [1.807, 2.05) is 25.1 Å². The maximum atomic E-state index is 5.59. The van der Waals surface area contributed by atoms with Crippen LogP contribution in [0.25, 0.3) is 0 Å². The van der Waals surface area contributed by atoms with E-state index in [0.29, 0.717) is 12.6 Å². The van der Waals surface area contributed by atoms with Crippen LogP contribution in [0, 0.1) is 0 Å². The average molecular weight is 221 g/mol. The van der Waals surface area contributed by atoms with Crippen LogP contribution in [-0.2, 0) is 0 Å². The van der Waals surface area contributed by atoms with E-state index in [1.54, 1.807) is 7.11 Å². The Hall–Kier alpha value is -1.38. The highest BCUT2D eigenvalue weighted by Crippen LogP contribution is 2.32. The van der Waals surface area contributed by atoms with Crippen molar-refractivity contribution in [2.24, 2.45) is 0 Å². The molecule has 0 radical (unpaired) electrons. The summed E-state index contributed by atoms with van der Waals surface area (Å²) >= 11 is 0. The summed E-state index contributed by atoms with van der Waals surface area (Å²) in [5.41, 5.74) is 1.05. The summed E-state index contributed by atoms with van der Waals surface area (Å²) < 4.78 is 10.8. The second-order valence-electron chi connectivity index (χ2n) is 4.07. The molecular weight excluding hydrogens is 202 g/mol. The van der Waals surface area contributed by atoms with Gasteiger partial charge in [-0.1, -0.05) is 0 Å². The van der Waals surface area contributed by atoms with E-state index in [-0.39, 0.29) is 0 Å². The van der Waals surface area contributed by atoms with Crippen molar-refractivity contribution >= 4 is 5.69 Å². The predicted molar refractivity (Wildman–Crippen MR) is 65.4 cm³/mol. The molecule has 0 saturated heterocycles. The Morgan fingerprint density at radius 1 is 1.38 bits per heavy atom. The van der Waals surface area contributed by atoms with Gasteiger partial charge in [0.1, 0.15) is 11.5 Å². The summed E-state index contributed by atoms with van der Waals surface area (Å²) in [6.45, 7) is 2.68. The Labute approximate surface area is 96.8 Å². The van der Waals surface area contributed by atoms with Crippen molar-refractivity contribution in [3.63, 3.8) is 0 Å². The molecule has 0 spiro atoms. The fraction of sp³-hybridized carbons (Fsp3) is 0.538. The van der Waals surface area contributed by atoms with Gasteiger partial charge >= 0.3 is 0 Å². The lowest BCUT2D eigenvalue weighted by molar-refractivity contribution is 0.339. The fourth-order valence-corrected chi connectivity index (χ4v) is 1.80. The van der Waals surface area contributed by atoms with E-state index in [9.17, 15) is 0 Å². The molecule has 2 rings (SSSR count). The summed E-state index contributed by atoms with van der Waals surface area (Å²) in [5, 5.41) is 3.50. The van der Waals surface area contributed by atoms with Crippen LogP contribution in [0.3, 0.4) is 0 Å². The topological polar surface area (TPSA) is 30.5 Å². The summed E-state index contributed by atoms with van der Waals surface area (Å²) in [6.07, 6.45) is 3.83. The van der Waals surface area contributed by atoms with Crippen molar-refractivity contribution in [2.75, 3.05) is 19.0 Å². The van der Waals surface area contributed by atoms with Gasteiger partial charge in [0.05, 0.1) is 19.4 Å². The second kappa shape index (κ2) is 5.10. The Bertz CT molecular complexity index is 348. The van der Waals surface area contributed by atoms with Gasteiger partial charge in [-0.3, -0.25) is 0 Å². The highest BCUT2D eigenvalue weighted by Gasteiger charge is 2.18. The first-order valence-electron chi connectivity index (χ1n) is 5.91. The Kier molecular flexibility index (Phi) is 3.54. The van der Waals surface area contributed by atoms with E-state index < -0.39 is 0 Å². The van der Waals surface area contributed by atoms with Crippen molar-refractivity contribution in [3.8, 4) is 11.5 Å². The largest absolute Gasteiger partial charge is 0.497 e. The number of anilines is 1. The van der Waals surface area contributed by atoms with Crippen LogP contribution in [0.15, 0.2) is 18.2 Å². The molecule has 3 heteroatoms. The number of ether oxygens (including phenoxy) is 2. The monoisotopic (exact) mass is 221 g/mol. The third kappa shape index (κ3) is 2.40. The van der Waals surface area contributed by atoms with E-state index in [1.165, 1.54) is 19.3 Å². The van der Waals surface area contributed by atoms with Gasteiger partial charge < -0.3 is 14.8 Å². The fourth-order valence-electron chi connectivity index (χ4n) is 1.80. The summed E-state index contributed by atoms with van der Waals surface area (Å²) in [5.74, 6) is 1.78. The molecule has 0 aromatic heterocycles. The van der Waals surface area contributed by atoms with Crippen molar-refractivity contribution in [2.45, 2.75) is 32.2 Å². The van der Waals surface area contributed by atoms with Gasteiger partial charge in [-0.25, -0.2) is 0 Å². The highest BCUT2D eigenvalue weighted by atomic mass is 16.5. The minimum Gasteiger partial charge on any atom is -0.497 e. The van der Waals surface area contributed by atoms with Crippen LogP contribution in [0.1, 0.15) is 26.2 Å². The molecule has 1 aliphatic rings. The van der Waals surface area contributed by atoms with Crippen molar-refractivity contribution in [1.29, 1.82) is 0 Å². The molecule has 1 N–H and O–H groups in total. The van der Waals surface area contributed by atoms with Crippen LogP contribution >= 0.6 is 0 Å². The van der Waals surface area contributed by atoms with Gasteiger partial charge in [0.25, 0.3) is 0 Å². The lowest BCUT2D eigenvalue weighted by Gasteiger charge is -2.28. The smallest absolute Gasteiger partial charge is 0.142 e. The molecule has 0 heterocycles. The Balaban J connectivity index is 2.15. The maximum Gasteiger partial charge on any atom is 0.142 e. The quantitative estimate of drug-likeness (QED) is 0.829. The molecule has 3 nitrogen and oxygen atoms in total. The molecule has 1 aliphatic carbocycles. The van der Waals surface area contributed by atoms with Crippen LogP contribution in [0.4, 0.5) is 5.69 Å². The number of hydrogen-bond donors (Lipinski definition) is 1. The van der Waals surface area contributed by atoms with Crippen molar-refractivity contribution in [3.05, 3.63) is 18.2 Å². The number of rotatable bonds is 5. The third-order valence-electron chi connectivity index (χ3n) is 2.95. The van der Waals surface area contributed by atoms with Gasteiger partial charge in [0, 0.05) is 12.1 Å². The number of nitrogens with one attached hydrogen (secondary N) is 1. The second-order valence-corrected chi connectivity index (χ2v) is 4.07.